The highest BCUT2D eigenvalue weighted by Crippen LogP contribution is 2.37. The number of methoxy groups -OCH3 is 2. The molecule has 0 bridgehead atoms. The van der Waals surface area contributed by atoms with Crippen LogP contribution in [0.4, 0.5) is 0 Å². The molecule has 0 N–H and O–H groups in total. The number of benzene rings is 1. The van der Waals surface area contributed by atoms with Crippen LogP contribution in [0.5, 0.6) is 11.5 Å². The Balaban J connectivity index is 2.25. The molecule has 0 spiro atoms. The third kappa shape index (κ3) is 1.87. The maximum atomic E-state index is 11.4. The molecule has 0 unspecified atom stereocenters. The maximum absolute atomic E-state index is 11.4. The van der Waals surface area contributed by atoms with Gasteiger partial charge in [0, 0.05) is 18.2 Å². The molecule has 1 aliphatic rings. The van der Waals surface area contributed by atoms with E-state index in [0.717, 1.165) is 29.8 Å². The fraction of sp³-hybridized carbons (Fsp3) is 0.286. The van der Waals surface area contributed by atoms with Gasteiger partial charge in [0.15, 0.2) is 11.5 Å². The number of ether oxygens (including phenoxy) is 2. The van der Waals surface area contributed by atoms with Crippen LogP contribution in [-0.4, -0.2) is 23.8 Å². The van der Waals surface area contributed by atoms with Gasteiger partial charge in [0.25, 0.3) is 5.56 Å². The predicted octanol–water partition coefficient (Wildman–Crippen LogP) is 1.48. The number of aryl methyl sites for hydroxylation is 2. The summed E-state index contributed by atoms with van der Waals surface area (Å²) in [6.45, 7) is 0.811. The Morgan fingerprint density at radius 2 is 1.89 bits per heavy atom. The van der Waals surface area contributed by atoms with Crippen LogP contribution in [-0.2, 0) is 13.0 Å². The second kappa shape index (κ2) is 4.42. The molecule has 98 valence electrons. The minimum absolute atomic E-state index is 0.228. The summed E-state index contributed by atoms with van der Waals surface area (Å²) in [4.78, 5) is 15.2. The van der Waals surface area contributed by atoms with Gasteiger partial charge >= 0.3 is 0 Å². The lowest BCUT2D eigenvalue weighted by atomic mass is 9.97. The number of aromatic nitrogens is 2. The molecule has 0 fully saturated rings. The highest BCUT2D eigenvalue weighted by atomic mass is 16.5. The Labute approximate surface area is 110 Å². The lowest BCUT2D eigenvalue weighted by molar-refractivity contribution is 0.354. The number of nitrogens with zero attached hydrogens (tertiary/aromatic N) is 2. The molecule has 0 aliphatic carbocycles. The molecule has 19 heavy (non-hydrogen) atoms. The van der Waals surface area contributed by atoms with E-state index in [-0.39, 0.29) is 5.56 Å². The van der Waals surface area contributed by atoms with Crippen LogP contribution in [0.25, 0.3) is 11.3 Å². The summed E-state index contributed by atoms with van der Waals surface area (Å²) in [6.07, 6.45) is 2.48. The van der Waals surface area contributed by atoms with Gasteiger partial charge in [-0.2, -0.15) is 4.98 Å². The van der Waals surface area contributed by atoms with Gasteiger partial charge in [0.2, 0.25) is 0 Å². The Morgan fingerprint density at radius 1 is 1.16 bits per heavy atom. The number of hydrogen-bond acceptors (Lipinski definition) is 4. The lowest BCUT2D eigenvalue weighted by Crippen LogP contribution is -2.18. The average Bonchev–Trinajstić information content (AvgIpc) is 2.45. The molecule has 0 radical (unpaired) electrons. The first-order chi connectivity index (χ1) is 9.22. The summed E-state index contributed by atoms with van der Waals surface area (Å²) < 4.78 is 12.6. The zero-order chi connectivity index (χ0) is 13.4. The number of fused-ring (bicyclic) bond motifs is 3. The number of rotatable bonds is 2. The quantitative estimate of drug-likeness (QED) is 0.818. The van der Waals surface area contributed by atoms with E-state index in [1.807, 2.05) is 16.7 Å². The maximum Gasteiger partial charge on any atom is 0.273 e. The summed E-state index contributed by atoms with van der Waals surface area (Å²) >= 11 is 0. The second-order valence-corrected chi connectivity index (χ2v) is 4.42. The first-order valence-electron chi connectivity index (χ1n) is 6.04. The van der Waals surface area contributed by atoms with Crippen molar-refractivity contribution in [3.05, 3.63) is 40.4 Å². The fourth-order valence-electron chi connectivity index (χ4n) is 2.44. The van der Waals surface area contributed by atoms with Crippen molar-refractivity contribution in [3.63, 3.8) is 0 Å². The van der Waals surface area contributed by atoms with Gasteiger partial charge in [-0.05, 0) is 24.1 Å². The zero-order valence-electron chi connectivity index (χ0n) is 10.8. The van der Waals surface area contributed by atoms with Crippen LogP contribution in [0.1, 0.15) is 5.56 Å². The minimum Gasteiger partial charge on any atom is -0.493 e. The molecule has 1 aromatic heterocycles. The summed E-state index contributed by atoms with van der Waals surface area (Å²) in [5, 5.41) is 0. The largest absolute Gasteiger partial charge is 0.493 e. The van der Waals surface area contributed by atoms with Crippen molar-refractivity contribution in [1.29, 1.82) is 0 Å². The summed E-state index contributed by atoms with van der Waals surface area (Å²) in [6, 6.07) is 5.45. The highest BCUT2D eigenvalue weighted by molar-refractivity contribution is 5.69. The number of hydrogen-bond donors (Lipinski definition) is 0. The van der Waals surface area contributed by atoms with Crippen LogP contribution in [0.15, 0.2) is 29.3 Å². The van der Waals surface area contributed by atoms with Gasteiger partial charge in [-0.1, -0.05) is 0 Å². The molecule has 0 saturated heterocycles. The van der Waals surface area contributed by atoms with E-state index in [1.165, 1.54) is 0 Å². The van der Waals surface area contributed by atoms with E-state index < -0.39 is 0 Å². The van der Waals surface area contributed by atoms with Crippen molar-refractivity contribution in [2.24, 2.45) is 0 Å². The summed E-state index contributed by atoms with van der Waals surface area (Å²) in [5.41, 5.74) is 2.81. The third-order valence-electron chi connectivity index (χ3n) is 3.40. The van der Waals surface area contributed by atoms with E-state index in [9.17, 15) is 4.79 Å². The van der Waals surface area contributed by atoms with E-state index in [4.69, 9.17) is 9.47 Å². The Hall–Kier alpha value is -2.30. The third-order valence-corrected chi connectivity index (χ3v) is 3.40. The van der Waals surface area contributed by atoms with Crippen molar-refractivity contribution in [2.75, 3.05) is 14.2 Å². The molecule has 5 nitrogen and oxygen atoms in total. The fourth-order valence-corrected chi connectivity index (χ4v) is 2.44. The first kappa shape index (κ1) is 11.8. The van der Waals surface area contributed by atoms with E-state index in [0.29, 0.717) is 11.5 Å². The van der Waals surface area contributed by atoms with Gasteiger partial charge in [0.1, 0.15) is 0 Å². The van der Waals surface area contributed by atoms with Gasteiger partial charge in [-0.15, -0.1) is 0 Å². The van der Waals surface area contributed by atoms with Crippen molar-refractivity contribution in [2.45, 2.75) is 13.0 Å². The standard InChI is InChI=1S/C14H14N2O3/c1-18-12-5-9-3-4-16-8-15-14(17)7-11(16)10(9)6-13(12)19-2/h5-8H,3-4H2,1-2H3. The zero-order valence-corrected chi connectivity index (χ0v) is 10.8. The minimum atomic E-state index is -0.228. The molecule has 1 aliphatic heterocycles. The summed E-state index contributed by atoms with van der Waals surface area (Å²) in [5.74, 6) is 1.38. The molecule has 0 amide bonds. The molecule has 2 aromatic rings. The molecular formula is C14H14N2O3. The van der Waals surface area contributed by atoms with Crippen LogP contribution in [0.2, 0.25) is 0 Å². The van der Waals surface area contributed by atoms with Crippen LogP contribution < -0.4 is 15.0 Å². The predicted molar refractivity (Wildman–Crippen MR) is 70.7 cm³/mol. The molecule has 3 rings (SSSR count). The molecule has 0 atom stereocenters. The second-order valence-electron chi connectivity index (χ2n) is 4.42. The average molecular weight is 258 g/mol. The van der Waals surface area contributed by atoms with E-state index in [2.05, 4.69) is 4.98 Å². The molecule has 2 heterocycles. The van der Waals surface area contributed by atoms with E-state index in [1.54, 1.807) is 26.6 Å². The van der Waals surface area contributed by atoms with Crippen LogP contribution in [0.3, 0.4) is 0 Å². The molecule has 1 aromatic carbocycles. The Bertz CT molecular complexity index is 692. The Kier molecular flexibility index (Phi) is 2.74. The topological polar surface area (TPSA) is 53.4 Å². The van der Waals surface area contributed by atoms with Crippen LogP contribution in [0, 0.1) is 0 Å². The lowest BCUT2D eigenvalue weighted by Gasteiger charge is -2.23. The van der Waals surface area contributed by atoms with Gasteiger partial charge in [-0.25, -0.2) is 0 Å². The smallest absolute Gasteiger partial charge is 0.273 e. The summed E-state index contributed by atoms with van der Waals surface area (Å²) in [7, 11) is 3.22. The van der Waals surface area contributed by atoms with Gasteiger partial charge in [-0.3, -0.25) is 4.79 Å². The van der Waals surface area contributed by atoms with Crippen LogP contribution >= 0.6 is 0 Å². The molecule has 0 saturated carbocycles. The highest BCUT2D eigenvalue weighted by Gasteiger charge is 2.19. The van der Waals surface area contributed by atoms with Gasteiger partial charge in [0.05, 0.1) is 26.2 Å². The van der Waals surface area contributed by atoms with Gasteiger partial charge < -0.3 is 14.0 Å². The molecular weight excluding hydrogens is 244 g/mol. The van der Waals surface area contributed by atoms with E-state index >= 15 is 0 Å². The van der Waals surface area contributed by atoms with Crippen molar-refractivity contribution in [3.8, 4) is 22.8 Å². The van der Waals surface area contributed by atoms with Crippen molar-refractivity contribution in [1.82, 2.24) is 9.55 Å². The SMILES string of the molecule is COc1cc2c(cc1OC)-c1cc(=O)ncn1CC2. The van der Waals surface area contributed by atoms with Crippen molar-refractivity contribution >= 4 is 0 Å². The Morgan fingerprint density at radius 3 is 2.63 bits per heavy atom. The normalized spacial score (nSPS) is 12.5. The monoisotopic (exact) mass is 258 g/mol. The first-order valence-corrected chi connectivity index (χ1v) is 6.04. The van der Waals surface area contributed by atoms with Crippen molar-refractivity contribution < 1.29 is 9.47 Å². The molecule has 5 heteroatoms.